The summed E-state index contributed by atoms with van der Waals surface area (Å²) in [6.45, 7) is 0. The van der Waals surface area contributed by atoms with Crippen LogP contribution in [0.25, 0.3) is 92.0 Å². The summed E-state index contributed by atoms with van der Waals surface area (Å²) in [7, 11) is 0. The molecule has 0 N–H and O–H groups in total. The van der Waals surface area contributed by atoms with E-state index in [0.29, 0.717) is 11.7 Å². The smallest absolute Gasteiger partial charge is 0.238 e. The maximum Gasteiger partial charge on any atom is 0.238 e. The molecule has 0 aliphatic rings. The summed E-state index contributed by atoms with van der Waals surface area (Å²) in [5.41, 5.74) is 5.45. The molecule has 0 aliphatic carbocycles. The maximum absolute atomic E-state index is 6.41. The van der Waals surface area contributed by atoms with Crippen molar-refractivity contribution in [2.24, 2.45) is 0 Å². The molecule has 0 spiro atoms. The van der Waals surface area contributed by atoms with Crippen LogP contribution in [0, 0.1) is 0 Å². The van der Waals surface area contributed by atoms with Crippen molar-refractivity contribution in [3.8, 4) is 17.2 Å². The Balaban J connectivity index is 1.34. The standard InChI is InChI=1S/C38H21N3OS/c1-2-10-23-21-24(18-17-22(23)9-1)35-34-28-13-4-7-15-31(28)42-37(34)40-38(39-35)41-29-14-6-3-12-27(29)33-30(41)20-19-26-25-11-5-8-16-32(25)43-36(26)33/h1-21H. The van der Waals surface area contributed by atoms with E-state index < -0.39 is 0 Å². The van der Waals surface area contributed by atoms with Gasteiger partial charge >= 0.3 is 0 Å². The minimum absolute atomic E-state index is 0.586. The van der Waals surface area contributed by atoms with Gasteiger partial charge in [-0.1, -0.05) is 97.1 Å². The Morgan fingerprint density at radius 2 is 1.33 bits per heavy atom. The fourth-order valence-electron chi connectivity index (χ4n) is 6.71. The van der Waals surface area contributed by atoms with E-state index >= 15 is 0 Å². The second-order valence-electron chi connectivity index (χ2n) is 11.0. The monoisotopic (exact) mass is 567 g/mol. The van der Waals surface area contributed by atoms with Crippen LogP contribution in [0.3, 0.4) is 0 Å². The van der Waals surface area contributed by atoms with Gasteiger partial charge in [-0.05, 0) is 41.1 Å². The van der Waals surface area contributed by atoms with Gasteiger partial charge in [0.1, 0.15) is 5.58 Å². The van der Waals surface area contributed by atoms with E-state index in [9.17, 15) is 0 Å². The van der Waals surface area contributed by atoms with Crippen molar-refractivity contribution < 1.29 is 4.42 Å². The molecule has 200 valence electrons. The molecule has 0 aliphatic heterocycles. The van der Waals surface area contributed by atoms with E-state index in [1.807, 2.05) is 29.5 Å². The third kappa shape index (κ3) is 3.20. The summed E-state index contributed by atoms with van der Waals surface area (Å²) in [4.78, 5) is 10.5. The first-order valence-corrected chi connectivity index (χ1v) is 15.2. The molecule has 0 bridgehead atoms. The first-order chi connectivity index (χ1) is 21.3. The van der Waals surface area contributed by atoms with E-state index in [1.165, 1.54) is 41.7 Å². The van der Waals surface area contributed by atoms with Gasteiger partial charge in [0.25, 0.3) is 0 Å². The normalized spacial score (nSPS) is 12.2. The maximum atomic E-state index is 6.41. The highest BCUT2D eigenvalue weighted by atomic mass is 32.1. The highest BCUT2D eigenvalue weighted by molar-refractivity contribution is 7.26. The zero-order chi connectivity index (χ0) is 28.1. The number of rotatable bonds is 2. The van der Waals surface area contributed by atoms with Crippen LogP contribution >= 0.6 is 11.3 Å². The molecular weight excluding hydrogens is 547 g/mol. The van der Waals surface area contributed by atoms with Crippen LogP contribution in [0.5, 0.6) is 0 Å². The van der Waals surface area contributed by atoms with Gasteiger partial charge in [0.05, 0.1) is 22.1 Å². The molecule has 0 unspecified atom stereocenters. The third-order valence-electron chi connectivity index (χ3n) is 8.63. The number of para-hydroxylation sites is 2. The summed E-state index contributed by atoms with van der Waals surface area (Å²) in [5, 5.41) is 9.31. The number of fused-ring (bicyclic) bond motifs is 11. The fourth-order valence-corrected chi connectivity index (χ4v) is 7.97. The predicted octanol–water partition coefficient (Wildman–Crippen LogP) is 10.7. The lowest BCUT2D eigenvalue weighted by Crippen LogP contribution is -2.02. The number of benzene rings is 6. The van der Waals surface area contributed by atoms with Gasteiger partial charge in [-0.25, -0.2) is 4.98 Å². The molecule has 10 rings (SSSR count). The summed E-state index contributed by atoms with van der Waals surface area (Å²) in [5.74, 6) is 0.598. The van der Waals surface area contributed by atoms with E-state index in [0.717, 1.165) is 38.6 Å². The van der Waals surface area contributed by atoms with Gasteiger partial charge in [-0.3, -0.25) is 4.57 Å². The van der Waals surface area contributed by atoms with Crippen molar-refractivity contribution in [1.82, 2.24) is 14.5 Å². The summed E-state index contributed by atoms with van der Waals surface area (Å²) in [6, 6.07) is 44.8. The van der Waals surface area contributed by atoms with Crippen LogP contribution in [0.15, 0.2) is 132 Å². The zero-order valence-electron chi connectivity index (χ0n) is 22.8. The molecule has 43 heavy (non-hydrogen) atoms. The average Bonchev–Trinajstić information content (AvgIpc) is 3.73. The summed E-state index contributed by atoms with van der Waals surface area (Å²) in [6.07, 6.45) is 0. The SMILES string of the molecule is c1ccc2cc(-c3nc(-n4c5ccccc5c5c6sc7ccccc7c6ccc54)nc4oc5ccccc5c34)ccc2c1. The molecule has 0 atom stereocenters. The van der Waals surface area contributed by atoms with E-state index in [-0.39, 0.29) is 0 Å². The van der Waals surface area contributed by atoms with Gasteiger partial charge in [-0.15, -0.1) is 11.3 Å². The van der Waals surface area contributed by atoms with Crippen LogP contribution in [0.4, 0.5) is 0 Å². The number of nitrogens with zero attached hydrogens (tertiary/aromatic N) is 3. The number of hydrogen-bond acceptors (Lipinski definition) is 4. The highest BCUT2D eigenvalue weighted by Gasteiger charge is 2.22. The molecule has 0 radical (unpaired) electrons. The van der Waals surface area contributed by atoms with Crippen LogP contribution in [-0.2, 0) is 0 Å². The molecule has 5 heteroatoms. The Morgan fingerprint density at radius 1 is 0.558 bits per heavy atom. The number of aromatic nitrogens is 3. The van der Waals surface area contributed by atoms with Crippen molar-refractivity contribution in [2.45, 2.75) is 0 Å². The quantitative estimate of drug-likeness (QED) is 0.209. The van der Waals surface area contributed by atoms with Crippen molar-refractivity contribution >= 4 is 86.2 Å². The molecule has 0 amide bonds. The molecule has 0 saturated heterocycles. The van der Waals surface area contributed by atoms with Crippen molar-refractivity contribution in [3.63, 3.8) is 0 Å². The highest BCUT2D eigenvalue weighted by Crippen LogP contribution is 2.44. The van der Waals surface area contributed by atoms with Crippen molar-refractivity contribution in [2.75, 3.05) is 0 Å². The molecule has 4 aromatic heterocycles. The second kappa shape index (κ2) is 8.51. The van der Waals surface area contributed by atoms with Gasteiger partial charge in [0.15, 0.2) is 0 Å². The molecule has 10 aromatic rings. The molecule has 0 fully saturated rings. The number of thiophene rings is 1. The summed E-state index contributed by atoms with van der Waals surface area (Å²) >= 11 is 1.85. The number of hydrogen-bond donors (Lipinski definition) is 0. The summed E-state index contributed by atoms with van der Waals surface area (Å²) < 4.78 is 11.2. The molecule has 4 nitrogen and oxygen atoms in total. The van der Waals surface area contributed by atoms with Gasteiger partial charge in [0, 0.05) is 41.9 Å². The lowest BCUT2D eigenvalue weighted by molar-refractivity contribution is 0.651. The second-order valence-corrected chi connectivity index (χ2v) is 12.1. The lowest BCUT2D eigenvalue weighted by atomic mass is 10.0. The van der Waals surface area contributed by atoms with Gasteiger partial charge in [-0.2, -0.15) is 4.98 Å². The first kappa shape index (κ1) is 23.1. The van der Waals surface area contributed by atoms with E-state index in [1.54, 1.807) is 0 Å². The van der Waals surface area contributed by atoms with Crippen molar-refractivity contribution in [1.29, 1.82) is 0 Å². The number of furan rings is 1. The molecule has 0 saturated carbocycles. The average molecular weight is 568 g/mol. The van der Waals surface area contributed by atoms with Crippen LogP contribution in [0.1, 0.15) is 0 Å². The van der Waals surface area contributed by atoms with Crippen LogP contribution < -0.4 is 0 Å². The van der Waals surface area contributed by atoms with E-state index in [4.69, 9.17) is 14.4 Å². The van der Waals surface area contributed by atoms with Crippen LogP contribution in [-0.4, -0.2) is 14.5 Å². The Hall–Kier alpha value is -5.52. The Kier molecular flexibility index (Phi) is 4.57. The first-order valence-electron chi connectivity index (χ1n) is 14.3. The molecule has 6 aromatic carbocycles. The van der Waals surface area contributed by atoms with Crippen LogP contribution in [0.2, 0.25) is 0 Å². The minimum Gasteiger partial charge on any atom is -0.437 e. The Labute approximate surface area is 249 Å². The van der Waals surface area contributed by atoms with Crippen molar-refractivity contribution in [3.05, 3.63) is 127 Å². The third-order valence-corrected chi connectivity index (χ3v) is 9.83. The molecule has 4 heterocycles. The molecular formula is C38H21N3OS. The largest absolute Gasteiger partial charge is 0.437 e. The minimum atomic E-state index is 0.586. The zero-order valence-corrected chi connectivity index (χ0v) is 23.6. The lowest BCUT2D eigenvalue weighted by Gasteiger charge is -2.10. The fraction of sp³-hybridized carbons (Fsp3) is 0. The predicted molar refractivity (Wildman–Crippen MR) is 179 cm³/mol. The van der Waals surface area contributed by atoms with Gasteiger partial charge < -0.3 is 4.42 Å². The van der Waals surface area contributed by atoms with Gasteiger partial charge in [0.2, 0.25) is 11.7 Å². The Morgan fingerprint density at radius 3 is 2.26 bits per heavy atom. The Bertz CT molecular complexity index is 2750. The van der Waals surface area contributed by atoms with E-state index in [2.05, 4.69) is 114 Å². The topological polar surface area (TPSA) is 43.9 Å².